The number of rotatable bonds is 8. The van der Waals surface area contributed by atoms with Crippen molar-refractivity contribution in [3.8, 4) is 5.75 Å². The Balaban J connectivity index is 1.26. The number of aliphatic hydroxyl groups is 1. The molecule has 2 aliphatic heterocycles. The molecule has 212 valence electrons. The number of phenols is 1. The number of nitrogens with zero attached hydrogens (tertiary/aromatic N) is 1. The monoisotopic (exact) mass is 571 g/mol. The van der Waals surface area contributed by atoms with Crippen molar-refractivity contribution in [1.82, 2.24) is 4.90 Å². The molecule has 2 fully saturated rings. The molecular formula is C32H34BNO6S. The number of carbonyl (C=O) groups is 2. The molecule has 2 amide bonds. The minimum atomic E-state index is -1.04. The number of phenolic OH excluding ortho intramolecular Hbond substituents is 1. The molecule has 2 aromatic carbocycles. The standard InChI is InChI=1S/C32H34BNO6S/c1-2-19(14-20-10-11-27(36)24-8-4-3-7-23(20)24)9-12-28-29-21(18-35)15-25-30(26(29)16-33(39)40-28)32(38)34(31(25)37)17-22-6-5-13-41-22/h3-8,10-11,13-14,25-26,28,30,35-36,39H,2,9,12,15-18H2,1H3/b19-14+/t25-,26+,28-,30-/m1/s1. The molecule has 2 saturated heterocycles. The average Bonchev–Trinajstić information content (AvgIpc) is 3.58. The lowest BCUT2D eigenvalue weighted by atomic mass is 9.58. The molecule has 41 heavy (non-hydrogen) atoms. The first-order chi connectivity index (χ1) is 19.9. The maximum atomic E-state index is 13.7. The van der Waals surface area contributed by atoms with Gasteiger partial charge in [-0.2, -0.15) is 0 Å². The fourth-order valence-corrected chi connectivity index (χ4v) is 7.70. The Labute approximate surface area is 243 Å². The van der Waals surface area contributed by atoms with Gasteiger partial charge in [0.05, 0.1) is 31.1 Å². The van der Waals surface area contributed by atoms with E-state index in [0.717, 1.165) is 38.8 Å². The third-order valence-corrected chi connectivity index (χ3v) is 9.82. The van der Waals surface area contributed by atoms with Crippen LogP contribution in [0.1, 0.15) is 43.0 Å². The smallest absolute Gasteiger partial charge is 0.455 e. The largest absolute Gasteiger partial charge is 0.507 e. The molecule has 3 heterocycles. The minimum Gasteiger partial charge on any atom is -0.507 e. The number of amides is 2. The fourth-order valence-electron chi connectivity index (χ4n) is 7.01. The van der Waals surface area contributed by atoms with Gasteiger partial charge in [0, 0.05) is 10.3 Å². The SMILES string of the molecule is CC/C(=C\c1ccc(O)c2ccccc12)CC[C@H]1OB(O)C[C@H]2C1=C(CO)C[C@H]1C(=O)N(Cc3cccs3)C(=O)[C@H]12. The van der Waals surface area contributed by atoms with Crippen molar-refractivity contribution in [2.24, 2.45) is 17.8 Å². The van der Waals surface area contributed by atoms with Crippen molar-refractivity contribution < 1.29 is 29.5 Å². The summed E-state index contributed by atoms with van der Waals surface area (Å²) >= 11 is 1.51. The van der Waals surface area contributed by atoms with Crippen molar-refractivity contribution in [3.05, 3.63) is 81.1 Å². The van der Waals surface area contributed by atoms with Crippen LogP contribution in [0.3, 0.4) is 0 Å². The molecule has 0 unspecified atom stereocenters. The van der Waals surface area contributed by atoms with E-state index < -0.39 is 25.1 Å². The predicted molar refractivity (Wildman–Crippen MR) is 160 cm³/mol. The van der Waals surface area contributed by atoms with Crippen molar-refractivity contribution in [2.75, 3.05) is 6.61 Å². The molecule has 9 heteroatoms. The van der Waals surface area contributed by atoms with Crippen LogP contribution in [0.25, 0.3) is 16.8 Å². The molecule has 0 bridgehead atoms. The Morgan fingerprint density at radius 3 is 2.63 bits per heavy atom. The Hall–Kier alpha value is -3.24. The lowest BCUT2D eigenvalue weighted by Gasteiger charge is -2.43. The first-order valence-electron chi connectivity index (χ1n) is 14.3. The second kappa shape index (κ2) is 11.6. The average molecular weight is 572 g/mol. The highest BCUT2D eigenvalue weighted by molar-refractivity contribution is 7.09. The fraction of sp³-hybridized carbons (Fsp3) is 0.375. The van der Waals surface area contributed by atoms with E-state index in [0.29, 0.717) is 19.3 Å². The van der Waals surface area contributed by atoms with Crippen LogP contribution in [-0.4, -0.2) is 51.8 Å². The zero-order valence-corrected chi connectivity index (χ0v) is 23.8. The molecule has 3 N–H and O–H groups in total. The normalized spacial score (nSPS) is 24.8. The number of hydrogen-bond donors (Lipinski definition) is 3. The number of carbonyl (C=O) groups excluding carboxylic acids is 2. The van der Waals surface area contributed by atoms with E-state index in [1.807, 2.05) is 47.8 Å². The van der Waals surface area contributed by atoms with Gasteiger partial charge in [-0.25, -0.2) is 0 Å². The molecule has 6 rings (SSSR count). The van der Waals surface area contributed by atoms with Gasteiger partial charge in [0.15, 0.2) is 0 Å². The molecule has 7 nitrogen and oxygen atoms in total. The molecule has 0 spiro atoms. The highest BCUT2D eigenvalue weighted by atomic mass is 32.1. The molecule has 0 radical (unpaired) electrons. The molecule has 1 aliphatic carbocycles. The van der Waals surface area contributed by atoms with Gasteiger partial charge in [-0.1, -0.05) is 55.0 Å². The molecular weight excluding hydrogens is 537 g/mol. The van der Waals surface area contributed by atoms with Crippen LogP contribution < -0.4 is 0 Å². The van der Waals surface area contributed by atoms with E-state index >= 15 is 0 Å². The van der Waals surface area contributed by atoms with Gasteiger partial charge in [0.1, 0.15) is 5.75 Å². The Morgan fingerprint density at radius 1 is 1.10 bits per heavy atom. The van der Waals surface area contributed by atoms with Gasteiger partial charge < -0.3 is 19.9 Å². The summed E-state index contributed by atoms with van der Waals surface area (Å²) in [6.45, 7) is 2.16. The highest BCUT2D eigenvalue weighted by Crippen LogP contribution is 2.50. The third-order valence-electron chi connectivity index (χ3n) is 8.96. The second-order valence-corrected chi connectivity index (χ2v) is 12.3. The van der Waals surface area contributed by atoms with Gasteiger partial charge in [-0.3, -0.25) is 14.5 Å². The quantitative estimate of drug-likeness (QED) is 0.196. The van der Waals surface area contributed by atoms with E-state index in [2.05, 4.69) is 13.0 Å². The maximum Gasteiger partial charge on any atom is 0.455 e. The maximum absolute atomic E-state index is 13.7. The van der Waals surface area contributed by atoms with Crippen LogP contribution in [0, 0.1) is 17.8 Å². The number of likely N-dealkylation sites (tertiary alicyclic amines) is 1. The van der Waals surface area contributed by atoms with Gasteiger partial charge in [-0.05, 0) is 77.5 Å². The van der Waals surface area contributed by atoms with Crippen LogP contribution in [0.5, 0.6) is 5.75 Å². The number of benzene rings is 2. The summed E-state index contributed by atoms with van der Waals surface area (Å²) in [6.07, 6.45) is 4.37. The van der Waals surface area contributed by atoms with E-state index in [4.69, 9.17) is 4.65 Å². The zero-order valence-electron chi connectivity index (χ0n) is 23.0. The van der Waals surface area contributed by atoms with Gasteiger partial charge in [-0.15, -0.1) is 11.3 Å². The summed E-state index contributed by atoms with van der Waals surface area (Å²) in [7, 11) is -1.04. The van der Waals surface area contributed by atoms with Gasteiger partial charge in [0.25, 0.3) is 0 Å². The predicted octanol–water partition coefficient (Wildman–Crippen LogP) is 5.17. The van der Waals surface area contributed by atoms with Crippen molar-refractivity contribution in [3.63, 3.8) is 0 Å². The summed E-state index contributed by atoms with van der Waals surface area (Å²) in [5.74, 6) is -1.53. The topological polar surface area (TPSA) is 107 Å². The summed E-state index contributed by atoms with van der Waals surface area (Å²) in [5, 5.41) is 35.2. The molecule has 3 aromatic rings. The Bertz CT molecular complexity index is 1530. The first-order valence-corrected chi connectivity index (χ1v) is 15.2. The van der Waals surface area contributed by atoms with E-state index in [9.17, 15) is 24.8 Å². The summed E-state index contributed by atoms with van der Waals surface area (Å²) in [6, 6.07) is 15.2. The van der Waals surface area contributed by atoms with Crippen LogP contribution >= 0.6 is 11.3 Å². The molecule has 0 saturated carbocycles. The molecule has 3 aliphatic rings. The minimum absolute atomic E-state index is 0.186. The first kappa shape index (κ1) is 27.9. The van der Waals surface area contributed by atoms with Crippen molar-refractivity contribution >= 4 is 47.1 Å². The summed E-state index contributed by atoms with van der Waals surface area (Å²) in [5.41, 5.74) is 3.87. The van der Waals surface area contributed by atoms with Crippen molar-refractivity contribution in [2.45, 2.75) is 51.6 Å². The molecule has 4 atom stereocenters. The number of hydrogen-bond acceptors (Lipinski definition) is 7. The van der Waals surface area contributed by atoms with Crippen LogP contribution in [-0.2, 0) is 20.8 Å². The summed E-state index contributed by atoms with van der Waals surface area (Å²) in [4.78, 5) is 29.4. The van der Waals surface area contributed by atoms with E-state index in [1.54, 1.807) is 6.07 Å². The van der Waals surface area contributed by atoms with Gasteiger partial charge >= 0.3 is 7.12 Å². The number of imide groups is 1. The molecule has 1 aromatic heterocycles. The lowest BCUT2D eigenvalue weighted by molar-refractivity contribution is -0.140. The van der Waals surface area contributed by atoms with E-state index in [1.165, 1.54) is 21.8 Å². The van der Waals surface area contributed by atoms with Gasteiger partial charge in [0.2, 0.25) is 11.8 Å². The third kappa shape index (κ3) is 5.16. The second-order valence-electron chi connectivity index (χ2n) is 11.2. The van der Waals surface area contributed by atoms with E-state index in [-0.39, 0.29) is 43.0 Å². The number of thiophene rings is 1. The van der Waals surface area contributed by atoms with Crippen LogP contribution in [0.4, 0.5) is 0 Å². The Kier molecular flexibility index (Phi) is 7.87. The number of fused-ring (bicyclic) bond motifs is 4. The van der Waals surface area contributed by atoms with Crippen molar-refractivity contribution in [1.29, 1.82) is 0 Å². The van der Waals surface area contributed by atoms with Crippen LogP contribution in [0.15, 0.2) is 70.6 Å². The summed E-state index contributed by atoms with van der Waals surface area (Å²) < 4.78 is 6.06. The van der Waals surface area contributed by atoms with Crippen LogP contribution in [0.2, 0.25) is 6.32 Å². The highest BCUT2D eigenvalue weighted by Gasteiger charge is 2.57. The Morgan fingerprint density at radius 2 is 1.90 bits per heavy atom. The zero-order chi connectivity index (χ0) is 28.7. The number of allylic oxidation sites excluding steroid dienone is 1. The number of aliphatic hydroxyl groups excluding tert-OH is 1. The lowest BCUT2D eigenvalue weighted by Crippen LogP contribution is -2.46. The number of aromatic hydroxyl groups is 1.